The Hall–Kier alpha value is -1.82. The van der Waals surface area contributed by atoms with Gasteiger partial charge in [0.2, 0.25) is 0 Å². The van der Waals surface area contributed by atoms with E-state index >= 15 is 0 Å². The van der Waals surface area contributed by atoms with E-state index < -0.39 is 0 Å². The van der Waals surface area contributed by atoms with Crippen LogP contribution in [0.5, 0.6) is 0 Å². The van der Waals surface area contributed by atoms with E-state index in [0.29, 0.717) is 18.1 Å². The van der Waals surface area contributed by atoms with Crippen LogP contribution in [-0.4, -0.2) is 56.4 Å². The topological polar surface area (TPSA) is 61.8 Å². The molecule has 27 heavy (non-hydrogen) atoms. The zero-order chi connectivity index (χ0) is 19.6. The summed E-state index contributed by atoms with van der Waals surface area (Å²) in [6.07, 6.45) is 5.40. The number of nitrogens with one attached hydrogen (secondary N) is 2. The van der Waals surface area contributed by atoms with Gasteiger partial charge in [0.1, 0.15) is 5.82 Å². The van der Waals surface area contributed by atoms with Crippen molar-refractivity contribution in [2.45, 2.75) is 59.1 Å². The lowest BCUT2D eigenvalue weighted by atomic mass is 10.0. The molecule has 1 saturated heterocycles. The molecule has 0 bridgehead atoms. The maximum absolute atomic E-state index is 5.82. The van der Waals surface area contributed by atoms with Gasteiger partial charge < -0.3 is 20.3 Å². The summed E-state index contributed by atoms with van der Waals surface area (Å²) in [5, 5.41) is 7.02. The molecule has 2 heterocycles. The molecule has 2 N–H and O–H groups in total. The van der Waals surface area contributed by atoms with Crippen molar-refractivity contribution in [3.05, 3.63) is 23.9 Å². The van der Waals surface area contributed by atoms with Gasteiger partial charge in [-0.1, -0.05) is 19.9 Å². The van der Waals surface area contributed by atoms with Gasteiger partial charge in [0.05, 0.1) is 6.10 Å². The first kappa shape index (κ1) is 21.5. The highest BCUT2D eigenvalue weighted by molar-refractivity contribution is 5.79. The number of piperidine rings is 1. The number of aryl methyl sites for hydroxylation is 1. The predicted molar refractivity (Wildman–Crippen MR) is 114 cm³/mol. The van der Waals surface area contributed by atoms with Crippen molar-refractivity contribution in [2.75, 3.05) is 38.2 Å². The molecule has 1 aliphatic rings. The average Bonchev–Trinajstić information content (AvgIpc) is 2.67. The molecule has 6 heteroatoms. The zero-order valence-electron chi connectivity index (χ0n) is 17.7. The van der Waals surface area contributed by atoms with Crippen molar-refractivity contribution in [1.29, 1.82) is 0 Å². The molecule has 0 saturated carbocycles. The summed E-state index contributed by atoms with van der Waals surface area (Å²) < 4.78 is 5.82. The summed E-state index contributed by atoms with van der Waals surface area (Å²) >= 11 is 0. The minimum atomic E-state index is 0.297. The molecular weight excluding hydrogens is 338 g/mol. The van der Waals surface area contributed by atoms with Crippen molar-refractivity contribution in [3.8, 4) is 0 Å². The molecule has 2 rings (SSSR count). The second-order valence-electron chi connectivity index (χ2n) is 7.62. The van der Waals surface area contributed by atoms with Crippen LogP contribution in [0.1, 0.15) is 45.6 Å². The van der Waals surface area contributed by atoms with Crippen molar-refractivity contribution in [2.24, 2.45) is 10.9 Å². The van der Waals surface area contributed by atoms with E-state index in [1.54, 1.807) is 0 Å². The third kappa shape index (κ3) is 7.01. The number of ether oxygens (including phenoxy) is 1. The maximum Gasteiger partial charge on any atom is 0.191 e. The van der Waals surface area contributed by atoms with Gasteiger partial charge in [-0.05, 0) is 50.7 Å². The van der Waals surface area contributed by atoms with Crippen LogP contribution in [0, 0.1) is 12.8 Å². The second-order valence-corrected chi connectivity index (χ2v) is 7.62. The largest absolute Gasteiger partial charge is 0.378 e. The molecule has 0 aliphatic carbocycles. The molecule has 1 fully saturated rings. The van der Waals surface area contributed by atoms with Crippen LogP contribution in [0.3, 0.4) is 0 Å². The normalized spacial score (nSPS) is 17.3. The number of hydrogen-bond acceptors (Lipinski definition) is 4. The summed E-state index contributed by atoms with van der Waals surface area (Å²) in [6.45, 7) is 12.2. The van der Waals surface area contributed by atoms with Crippen molar-refractivity contribution in [3.63, 3.8) is 0 Å². The standard InChI is InChI=1S/C21H37N5O/c1-6-27-19(16(2)3)9-12-23-21(22-5)25-18-10-13-26(14-11-18)20-8-7-17(4)15-24-20/h7-8,15-16,18-19H,6,9-14H2,1-5H3,(H2,22,23,25). The Balaban J connectivity index is 1.73. The predicted octanol–water partition coefficient (Wildman–Crippen LogP) is 2.98. The van der Waals surface area contributed by atoms with E-state index in [-0.39, 0.29) is 0 Å². The lowest BCUT2D eigenvalue weighted by Crippen LogP contribution is -2.49. The number of guanidine groups is 1. The minimum absolute atomic E-state index is 0.297. The zero-order valence-corrected chi connectivity index (χ0v) is 17.7. The van der Waals surface area contributed by atoms with Crippen molar-refractivity contribution >= 4 is 11.8 Å². The van der Waals surface area contributed by atoms with E-state index in [1.807, 2.05) is 13.2 Å². The second kappa shape index (κ2) is 11.1. The number of anilines is 1. The van der Waals surface area contributed by atoms with E-state index in [2.05, 4.69) is 65.3 Å². The summed E-state index contributed by atoms with van der Waals surface area (Å²) in [4.78, 5) is 11.3. The van der Waals surface area contributed by atoms with Gasteiger partial charge >= 0.3 is 0 Å². The molecule has 0 radical (unpaired) electrons. The number of nitrogens with zero attached hydrogens (tertiary/aromatic N) is 3. The maximum atomic E-state index is 5.82. The Labute approximate surface area is 164 Å². The van der Waals surface area contributed by atoms with Crippen LogP contribution in [-0.2, 0) is 4.74 Å². The smallest absolute Gasteiger partial charge is 0.191 e. The average molecular weight is 376 g/mol. The van der Waals surface area contributed by atoms with E-state index in [1.165, 1.54) is 5.56 Å². The Bertz CT molecular complexity index is 564. The number of pyridine rings is 1. The van der Waals surface area contributed by atoms with Crippen LogP contribution >= 0.6 is 0 Å². The van der Waals surface area contributed by atoms with Crippen LogP contribution in [0.2, 0.25) is 0 Å². The number of aromatic nitrogens is 1. The first-order valence-electron chi connectivity index (χ1n) is 10.3. The SMILES string of the molecule is CCOC(CCNC(=NC)NC1CCN(c2ccc(C)cn2)CC1)C(C)C. The summed E-state index contributed by atoms with van der Waals surface area (Å²) in [7, 11) is 1.84. The molecule has 1 aromatic heterocycles. The molecule has 1 atom stereocenters. The molecule has 6 nitrogen and oxygen atoms in total. The van der Waals surface area contributed by atoms with Gasteiger partial charge in [0.25, 0.3) is 0 Å². The monoisotopic (exact) mass is 375 g/mol. The van der Waals surface area contributed by atoms with Gasteiger partial charge in [-0.3, -0.25) is 4.99 Å². The minimum Gasteiger partial charge on any atom is -0.378 e. The van der Waals surface area contributed by atoms with Crippen molar-refractivity contribution < 1.29 is 4.74 Å². The number of rotatable bonds is 8. The third-order valence-electron chi connectivity index (χ3n) is 5.12. The van der Waals surface area contributed by atoms with E-state index in [9.17, 15) is 0 Å². The Morgan fingerprint density at radius 3 is 2.63 bits per heavy atom. The lowest BCUT2D eigenvalue weighted by Gasteiger charge is -2.34. The molecule has 0 spiro atoms. The highest BCUT2D eigenvalue weighted by Crippen LogP contribution is 2.18. The summed E-state index contributed by atoms with van der Waals surface area (Å²) in [5.41, 5.74) is 1.20. The third-order valence-corrected chi connectivity index (χ3v) is 5.12. The van der Waals surface area contributed by atoms with Crippen LogP contribution in [0.15, 0.2) is 23.3 Å². The molecular formula is C21H37N5O. The Morgan fingerprint density at radius 2 is 2.07 bits per heavy atom. The fourth-order valence-corrected chi connectivity index (χ4v) is 3.44. The number of hydrogen-bond donors (Lipinski definition) is 2. The molecule has 1 aliphatic heterocycles. The molecule has 0 amide bonds. The first-order chi connectivity index (χ1) is 13.0. The van der Waals surface area contributed by atoms with Gasteiger partial charge in [0.15, 0.2) is 5.96 Å². The van der Waals surface area contributed by atoms with Gasteiger partial charge in [0, 0.05) is 45.5 Å². The molecule has 0 aromatic carbocycles. The van der Waals surface area contributed by atoms with Gasteiger partial charge in [-0.25, -0.2) is 4.98 Å². The van der Waals surface area contributed by atoms with E-state index in [0.717, 1.165) is 57.3 Å². The quantitative estimate of drug-likeness (QED) is 0.540. The van der Waals surface area contributed by atoms with E-state index in [4.69, 9.17) is 4.74 Å². The Kier molecular flexibility index (Phi) is 8.85. The highest BCUT2D eigenvalue weighted by Gasteiger charge is 2.21. The van der Waals surface area contributed by atoms with Crippen LogP contribution in [0.25, 0.3) is 0 Å². The molecule has 152 valence electrons. The lowest BCUT2D eigenvalue weighted by molar-refractivity contribution is 0.0258. The number of aliphatic imine (C=N–C) groups is 1. The summed E-state index contributed by atoms with van der Waals surface area (Å²) in [6, 6.07) is 4.70. The van der Waals surface area contributed by atoms with Gasteiger partial charge in [-0.15, -0.1) is 0 Å². The summed E-state index contributed by atoms with van der Waals surface area (Å²) in [5.74, 6) is 2.50. The van der Waals surface area contributed by atoms with Crippen LogP contribution < -0.4 is 15.5 Å². The van der Waals surface area contributed by atoms with Crippen molar-refractivity contribution in [1.82, 2.24) is 15.6 Å². The molecule has 1 aromatic rings. The highest BCUT2D eigenvalue weighted by atomic mass is 16.5. The van der Waals surface area contributed by atoms with Gasteiger partial charge in [-0.2, -0.15) is 0 Å². The first-order valence-corrected chi connectivity index (χ1v) is 10.3. The van der Waals surface area contributed by atoms with Crippen LogP contribution in [0.4, 0.5) is 5.82 Å². The Morgan fingerprint density at radius 1 is 1.33 bits per heavy atom. The fourth-order valence-electron chi connectivity index (χ4n) is 3.44. The molecule has 1 unspecified atom stereocenters. The fraction of sp³-hybridized carbons (Fsp3) is 0.714.